The van der Waals surface area contributed by atoms with Gasteiger partial charge in [0.25, 0.3) is 5.91 Å². The van der Waals surface area contributed by atoms with Gasteiger partial charge in [0, 0.05) is 16.3 Å². The largest absolute Gasteiger partial charge is 0.497 e. The Balaban J connectivity index is 1.77. The predicted octanol–water partition coefficient (Wildman–Crippen LogP) is 3.79. The van der Waals surface area contributed by atoms with Crippen molar-refractivity contribution >= 4 is 35.0 Å². The summed E-state index contributed by atoms with van der Waals surface area (Å²) in [7, 11) is 3.05. The van der Waals surface area contributed by atoms with Crippen LogP contribution in [-0.4, -0.2) is 41.0 Å². The summed E-state index contributed by atoms with van der Waals surface area (Å²) in [6, 6.07) is 11.2. The van der Waals surface area contributed by atoms with Crippen LogP contribution in [0.4, 0.5) is 11.5 Å². The quantitative estimate of drug-likeness (QED) is 0.519. The van der Waals surface area contributed by atoms with Crippen molar-refractivity contribution in [2.24, 2.45) is 0 Å². The molecule has 164 valence electrons. The number of anilines is 2. The van der Waals surface area contributed by atoms with Crippen molar-refractivity contribution in [2.45, 2.75) is 6.04 Å². The number of hydrogen-bond donors (Lipinski definition) is 3. The van der Waals surface area contributed by atoms with Crippen molar-refractivity contribution < 1.29 is 24.2 Å². The molecule has 0 saturated heterocycles. The number of fused-ring (bicyclic) bond motifs is 1. The maximum Gasteiger partial charge on any atom is 0.352 e. The third-order valence-electron chi connectivity index (χ3n) is 4.97. The Morgan fingerprint density at radius 2 is 1.91 bits per heavy atom. The fourth-order valence-electron chi connectivity index (χ4n) is 3.41. The molecule has 4 rings (SSSR count). The molecule has 1 aromatic heterocycles. The van der Waals surface area contributed by atoms with Crippen LogP contribution in [0.5, 0.6) is 11.5 Å². The zero-order chi connectivity index (χ0) is 22.8. The number of benzene rings is 2. The van der Waals surface area contributed by atoms with Crippen molar-refractivity contribution in [3.05, 3.63) is 76.6 Å². The molecule has 2 heterocycles. The number of allylic oxidation sites excluding steroid dienone is 1. The van der Waals surface area contributed by atoms with E-state index in [1.165, 1.54) is 31.2 Å². The molecule has 0 spiro atoms. The topological polar surface area (TPSA) is 115 Å². The fraction of sp³-hybridized carbons (Fsp3) is 0.136. The molecule has 0 saturated carbocycles. The van der Waals surface area contributed by atoms with Gasteiger partial charge in [0.05, 0.1) is 20.4 Å². The highest BCUT2D eigenvalue weighted by molar-refractivity contribution is 6.30. The van der Waals surface area contributed by atoms with E-state index in [1.807, 2.05) is 0 Å². The molecule has 1 amide bonds. The molecule has 9 nitrogen and oxygen atoms in total. The van der Waals surface area contributed by atoms with Crippen LogP contribution in [0.1, 0.15) is 22.0 Å². The molecule has 0 radical (unpaired) electrons. The highest BCUT2D eigenvalue weighted by atomic mass is 35.5. The Bertz CT molecular complexity index is 1220. The number of hydrogen-bond acceptors (Lipinski definition) is 6. The smallest absolute Gasteiger partial charge is 0.352 e. The van der Waals surface area contributed by atoms with Crippen molar-refractivity contribution in [3.63, 3.8) is 0 Å². The van der Waals surface area contributed by atoms with Gasteiger partial charge >= 0.3 is 5.97 Å². The molecule has 10 heteroatoms. The molecule has 1 aliphatic heterocycles. The number of carbonyl (C=O) groups is 2. The highest BCUT2D eigenvalue weighted by Crippen LogP contribution is 2.38. The minimum Gasteiger partial charge on any atom is -0.497 e. The number of rotatable bonds is 6. The number of ether oxygens (including phenoxy) is 2. The molecule has 3 aromatic rings. The number of nitrogens with one attached hydrogen (secondary N) is 2. The molecular weight excluding hydrogens is 436 g/mol. The van der Waals surface area contributed by atoms with E-state index < -0.39 is 17.9 Å². The minimum atomic E-state index is -1.17. The van der Waals surface area contributed by atoms with E-state index in [9.17, 15) is 14.7 Å². The van der Waals surface area contributed by atoms with Gasteiger partial charge in [-0.1, -0.05) is 11.6 Å². The average molecular weight is 455 g/mol. The molecule has 1 atom stereocenters. The zero-order valence-electron chi connectivity index (χ0n) is 17.1. The van der Waals surface area contributed by atoms with Gasteiger partial charge in [-0.2, -0.15) is 5.10 Å². The summed E-state index contributed by atoms with van der Waals surface area (Å²) >= 11 is 5.89. The summed E-state index contributed by atoms with van der Waals surface area (Å²) in [5, 5.41) is 20.1. The van der Waals surface area contributed by atoms with Crippen LogP contribution in [0.15, 0.2) is 60.4 Å². The van der Waals surface area contributed by atoms with Crippen LogP contribution >= 0.6 is 11.6 Å². The maximum atomic E-state index is 12.9. The first-order valence-corrected chi connectivity index (χ1v) is 9.87. The monoisotopic (exact) mass is 454 g/mol. The summed E-state index contributed by atoms with van der Waals surface area (Å²) < 4.78 is 12.3. The number of carbonyl (C=O) groups excluding carboxylic acids is 1. The average Bonchev–Trinajstić information content (AvgIpc) is 3.23. The minimum absolute atomic E-state index is 0.0894. The van der Waals surface area contributed by atoms with Gasteiger partial charge in [0.15, 0.2) is 0 Å². The fourth-order valence-corrected chi connectivity index (χ4v) is 3.54. The Kier molecular flexibility index (Phi) is 5.74. The van der Waals surface area contributed by atoms with Crippen molar-refractivity contribution in [1.82, 2.24) is 9.78 Å². The first kappa shape index (κ1) is 21.3. The van der Waals surface area contributed by atoms with Crippen LogP contribution in [0, 0.1) is 0 Å². The molecule has 1 aliphatic rings. The first-order chi connectivity index (χ1) is 15.4. The van der Waals surface area contributed by atoms with Gasteiger partial charge in [0.1, 0.15) is 34.6 Å². The third kappa shape index (κ3) is 3.97. The lowest BCUT2D eigenvalue weighted by Crippen LogP contribution is -2.26. The number of aliphatic carboxylic acids is 1. The second-order valence-corrected chi connectivity index (χ2v) is 7.31. The lowest BCUT2D eigenvalue weighted by atomic mass is 10.0. The second kappa shape index (κ2) is 8.64. The standard InChI is InChI=1S/C22H19ClN4O5/c1-31-14-7-8-19(32-2)15(9-14)18-10-17(22(29)30)26-20-16(11-24-27(18)20)21(28)25-13-5-3-12(23)4-6-13/h3-11,18,26H,1-2H3,(H,25,28)(H,29,30)/t18-/m1/s1. The number of methoxy groups -OCH3 is 2. The van der Waals surface area contributed by atoms with Crippen LogP contribution in [0.2, 0.25) is 5.02 Å². The Morgan fingerprint density at radius 3 is 2.56 bits per heavy atom. The lowest BCUT2D eigenvalue weighted by molar-refractivity contribution is -0.132. The number of nitrogens with zero attached hydrogens (tertiary/aromatic N) is 2. The number of carboxylic acid groups (broad SMARTS) is 1. The van der Waals surface area contributed by atoms with Crippen molar-refractivity contribution in [2.75, 3.05) is 24.9 Å². The number of aromatic nitrogens is 2. The van der Waals surface area contributed by atoms with E-state index >= 15 is 0 Å². The van der Waals surface area contributed by atoms with Gasteiger partial charge in [-0.3, -0.25) is 4.79 Å². The van der Waals surface area contributed by atoms with Crippen LogP contribution in [0.3, 0.4) is 0 Å². The molecular formula is C22H19ClN4O5. The van der Waals surface area contributed by atoms with E-state index in [0.717, 1.165) is 0 Å². The Hall–Kier alpha value is -3.98. The van der Waals surface area contributed by atoms with Crippen molar-refractivity contribution in [1.29, 1.82) is 0 Å². The SMILES string of the molecule is COc1ccc(OC)c([C@H]2C=C(C(=O)O)Nc3c(C(=O)Nc4ccc(Cl)cc4)cnn32)c1. The van der Waals surface area contributed by atoms with Gasteiger partial charge < -0.3 is 25.2 Å². The normalized spacial score (nSPS) is 14.6. The van der Waals surface area contributed by atoms with Crippen LogP contribution < -0.4 is 20.1 Å². The summed E-state index contributed by atoms with van der Waals surface area (Å²) in [6.45, 7) is 0. The molecule has 0 fully saturated rings. The Morgan fingerprint density at radius 1 is 1.16 bits per heavy atom. The predicted molar refractivity (Wildman–Crippen MR) is 119 cm³/mol. The first-order valence-electron chi connectivity index (χ1n) is 9.49. The van der Waals surface area contributed by atoms with Crippen molar-refractivity contribution in [3.8, 4) is 11.5 Å². The van der Waals surface area contributed by atoms with E-state index in [2.05, 4.69) is 15.7 Å². The second-order valence-electron chi connectivity index (χ2n) is 6.88. The Labute approximate surface area is 188 Å². The molecule has 2 aromatic carbocycles. The number of carboxylic acids is 1. The van der Waals surface area contributed by atoms with E-state index in [-0.39, 0.29) is 17.1 Å². The number of amides is 1. The van der Waals surface area contributed by atoms with Gasteiger partial charge in [-0.15, -0.1) is 0 Å². The highest BCUT2D eigenvalue weighted by Gasteiger charge is 2.31. The molecule has 0 unspecified atom stereocenters. The van der Waals surface area contributed by atoms with Crippen LogP contribution in [-0.2, 0) is 4.79 Å². The summed E-state index contributed by atoms with van der Waals surface area (Å²) in [4.78, 5) is 24.7. The molecule has 0 bridgehead atoms. The third-order valence-corrected chi connectivity index (χ3v) is 5.22. The number of halogens is 1. The lowest BCUT2D eigenvalue weighted by Gasteiger charge is -2.26. The maximum absolute atomic E-state index is 12.9. The van der Waals surface area contributed by atoms with Gasteiger partial charge in [-0.05, 0) is 48.5 Å². The summed E-state index contributed by atoms with van der Waals surface area (Å²) in [6.07, 6.45) is 2.88. The van der Waals surface area contributed by atoms with E-state index in [4.69, 9.17) is 21.1 Å². The van der Waals surface area contributed by atoms with Gasteiger partial charge in [-0.25, -0.2) is 9.48 Å². The zero-order valence-corrected chi connectivity index (χ0v) is 17.9. The van der Waals surface area contributed by atoms with Crippen LogP contribution in [0.25, 0.3) is 0 Å². The molecule has 32 heavy (non-hydrogen) atoms. The summed E-state index contributed by atoms with van der Waals surface area (Å²) in [5.41, 5.74) is 1.25. The van der Waals surface area contributed by atoms with Gasteiger partial charge in [0.2, 0.25) is 0 Å². The summed E-state index contributed by atoms with van der Waals surface area (Å²) in [5.74, 6) is -0.296. The molecule has 0 aliphatic carbocycles. The van der Waals surface area contributed by atoms with E-state index in [0.29, 0.717) is 27.8 Å². The molecule has 3 N–H and O–H groups in total. The van der Waals surface area contributed by atoms with E-state index in [1.54, 1.807) is 42.5 Å².